The number of hydrogen-bond donors (Lipinski definition) is 0. The van der Waals surface area contributed by atoms with Gasteiger partial charge in [-0.2, -0.15) is 10.2 Å². The van der Waals surface area contributed by atoms with Crippen molar-refractivity contribution in [3.05, 3.63) is 24.2 Å². The first-order chi connectivity index (χ1) is 11.1. The van der Waals surface area contributed by atoms with Crippen molar-refractivity contribution in [2.24, 2.45) is 7.05 Å². The zero-order valence-corrected chi connectivity index (χ0v) is 13.6. The Kier molecular flexibility index (Phi) is 3.24. The molecule has 120 valence electrons. The van der Waals surface area contributed by atoms with Gasteiger partial charge in [-0.1, -0.05) is 0 Å². The predicted molar refractivity (Wildman–Crippen MR) is 86.2 cm³/mol. The van der Waals surface area contributed by atoms with Crippen LogP contribution in [0.15, 0.2) is 12.5 Å². The summed E-state index contributed by atoms with van der Waals surface area (Å²) in [7, 11) is 1.90. The number of hydrogen-bond acceptors (Lipinski definition) is 6. The molecule has 8 heteroatoms. The van der Waals surface area contributed by atoms with Gasteiger partial charge in [0.1, 0.15) is 23.8 Å². The number of nitrogens with zero attached hydrogens (tertiary/aromatic N) is 8. The monoisotopic (exact) mass is 312 g/mol. The highest BCUT2D eigenvalue weighted by Gasteiger charge is 2.28. The minimum atomic E-state index is 0.369. The molecule has 1 atom stereocenters. The Morgan fingerprint density at radius 1 is 1.26 bits per heavy atom. The van der Waals surface area contributed by atoms with Crippen LogP contribution in [0.25, 0.3) is 11.0 Å². The van der Waals surface area contributed by atoms with E-state index >= 15 is 0 Å². The number of fused-ring (bicyclic) bond motifs is 1. The van der Waals surface area contributed by atoms with Crippen LogP contribution >= 0.6 is 0 Å². The zero-order valence-electron chi connectivity index (χ0n) is 13.6. The molecular weight excluding hydrogens is 292 g/mol. The fraction of sp³-hybridized carbons (Fsp3) is 0.533. The standard InChI is InChI=1S/C15H20N8/c1-10-19-11(2)23(20-10)8-12-5-4-6-22(12)15-13-7-18-21(3)14(13)16-9-17-15/h7,9,12H,4-6,8H2,1-3H3. The first-order valence-corrected chi connectivity index (χ1v) is 7.91. The average molecular weight is 312 g/mol. The molecule has 1 aliphatic rings. The topological polar surface area (TPSA) is 77.5 Å². The van der Waals surface area contributed by atoms with Gasteiger partial charge in [0.2, 0.25) is 0 Å². The van der Waals surface area contributed by atoms with Crippen molar-refractivity contribution in [3.63, 3.8) is 0 Å². The lowest BCUT2D eigenvalue weighted by Gasteiger charge is -2.26. The average Bonchev–Trinajstić information content (AvgIpc) is 3.21. The van der Waals surface area contributed by atoms with E-state index < -0.39 is 0 Å². The van der Waals surface area contributed by atoms with E-state index in [1.165, 1.54) is 0 Å². The zero-order chi connectivity index (χ0) is 16.0. The smallest absolute Gasteiger partial charge is 0.163 e. The van der Waals surface area contributed by atoms with Gasteiger partial charge in [-0.3, -0.25) is 4.68 Å². The number of rotatable bonds is 3. The molecule has 0 spiro atoms. The Morgan fingerprint density at radius 3 is 2.91 bits per heavy atom. The van der Waals surface area contributed by atoms with Crippen LogP contribution in [0.5, 0.6) is 0 Å². The molecule has 0 N–H and O–H groups in total. The predicted octanol–water partition coefficient (Wildman–Crippen LogP) is 1.24. The summed E-state index contributed by atoms with van der Waals surface area (Å²) in [5.74, 6) is 2.76. The lowest BCUT2D eigenvalue weighted by atomic mass is 10.2. The van der Waals surface area contributed by atoms with E-state index in [9.17, 15) is 0 Å². The van der Waals surface area contributed by atoms with Crippen molar-refractivity contribution < 1.29 is 0 Å². The maximum Gasteiger partial charge on any atom is 0.163 e. The summed E-state index contributed by atoms with van der Waals surface area (Å²) in [6, 6.07) is 0.369. The van der Waals surface area contributed by atoms with Crippen LogP contribution in [0, 0.1) is 13.8 Å². The highest BCUT2D eigenvalue weighted by Crippen LogP contribution is 2.29. The second-order valence-corrected chi connectivity index (χ2v) is 6.08. The van der Waals surface area contributed by atoms with Crippen molar-refractivity contribution in [1.29, 1.82) is 0 Å². The van der Waals surface area contributed by atoms with Crippen LogP contribution in [-0.4, -0.2) is 47.1 Å². The SMILES string of the molecule is Cc1nc(C)n(CC2CCCN2c2ncnc3c2cnn3C)n1. The summed E-state index contributed by atoms with van der Waals surface area (Å²) in [5.41, 5.74) is 0.869. The van der Waals surface area contributed by atoms with Gasteiger partial charge in [0.05, 0.1) is 24.2 Å². The second kappa shape index (κ2) is 5.29. The van der Waals surface area contributed by atoms with Crippen LogP contribution in [0.3, 0.4) is 0 Å². The minimum Gasteiger partial charge on any atom is -0.351 e. The van der Waals surface area contributed by atoms with E-state index in [-0.39, 0.29) is 0 Å². The maximum absolute atomic E-state index is 4.54. The van der Waals surface area contributed by atoms with Crippen molar-refractivity contribution >= 4 is 16.9 Å². The molecule has 0 radical (unpaired) electrons. The molecule has 0 amide bonds. The minimum absolute atomic E-state index is 0.369. The molecule has 1 unspecified atom stereocenters. The van der Waals surface area contributed by atoms with E-state index in [2.05, 4.69) is 30.0 Å². The third-order valence-electron chi connectivity index (χ3n) is 4.50. The van der Waals surface area contributed by atoms with Crippen LogP contribution < -0.4 is 4.90 Å². The van der Waals surface area contributed by atoms with Gasteiger partial charge in [0.15, 0.2) is 5.65 Å². The van der Waals surface area contributed by atoms with Crippen LogP contribution in [-0.2, 0) is 13.6 Å². The largest absolute Gasteiger partial charge is 0.351 e. The lowest BCUT2D eigenvalue weighted by molar-refractivity contribution is 0.495. The molecule has 3 aromatic heterocycles. The highest BCUT2D eigenvalue weighted by molar-refractivity contribution is 5.86. The molecule has 0 aromatic carbocycles. The normalized spacial score (nSPS) is 18.2. The third-order valence-corrected chi connectivity index (χ3v) is 4.50. The van der Waals surface area contributed by atoms with Crippen molar-refractivity contribution in [3.8, 4) is 0 Å². The quantitative estimate of drug-likeness (QED) is 0.724. The van der Waals surface area contributed by atoms with E-state index in [1.54, 1.807) is 11.0 Å². The Labute approximate surface area is 134 Å². The molecule has 23 heavy (non-hydrogen) atoms. The third kappa shape index (κ3) is 2.34. The summed E-state index contributed by atoms with van der Waals surface area (Å²) in [4.78, 5) is 15.6. The molecule has 1 saturated heterocycles. The van der Waals surface area contributed by atoms with E-state index in [4.69, 9.17) is 0 Å². The summed E-state index contributed by atoms with van der Waals surface area (Å²) in [6.45, 7) is 5.76. The molecular formula is C15H20N8. The lowest BCUT2D eigenvalue weighted by Crippen LogP contribution is -2.34. The summed E-state index contributed by atoms with van der Waals surface area (Å²) in [6.07, 6.45) is 5.76. The van der Waals surface area contributed by atoms with Gasteiger partial charge in [-0.15, -0.1) is 0 Å². The summed E-state index contributed by atoms with van der Waals surface area (Å²) < 4.78 is 3.79. The van der Waals surface area contributed by atoms with Gasteiger partial charge in [0, 0.05) is 13.6 Å². The molecule has 0 aliphatic carbocycles. The van der Waals surface area contributed by atoms with Gasteiger partial charge in [0.25, 0.3) is 0 Å². The Bertz CT molecular complexity index is 848. The van der Waals surface area contributed by atoms with E-state index in [1.807, 2.05) is 31.8 Å². The van der Waals surface area contributed by atoms with E-state index in [0.717, 1.165) is 54.4 Å². The number of anilines is 1. The molecule has 0 saturated carbocycles. The summed E-state index contributed by atoms with van der Waals surface area (Å²) in [5, 5.41) is 9.82. The number of aromatic nitrogens is 7. The summed E-state index contributed by atoms with van der Waals surface area (Å²) >= 11 is 0. The molecule has 4 rings (SSSR count). The number of aryl methyl sites for hydroxylation is 3. The van der Waals surface area contributed by atoms with Crippen LogP contribution in [0.1, 0.15) is 24.5 Å². The maximum atomic E-state index is 4.54. The van der Waals surface area contributed by atoms with Crippen molar-refractivity contribution in [2.75, 3.05) is 11.4 Å². The molecule has 3 aromatic rings. The van der Waals surface area contributed by atoms with Gasteiger partial charge >= 0.3 is 0 Å². The second-order valence-electron chi connectivity index (χ2n) is 6.08. The van der Waals surface area contributed by atoms with E-state index in [0.29, 0.717) is 6.04 Å². The van der Waals surface area contributed by atoms with Gasteiger partial charge < -0.3 is 4.90 Å². The Morgan fingerprint density at radius 2 is 2.13 bits per heavy atom. The van der Waals surface area contributed by atoms with Crippen LogP contribution in [0.4, 0.5) is 5.82 Å². The first kappa shape index (κ1) is 14.1. The Balaban J connectivity index is 1.68. The molecule has 1 aliphatic heterocycles. The molecule has 0 bridgehead atoms. The van der Waals surface area contributed by atoms with Gasteiger partial charge in [-0.25, -0.2) is 19.6 Å². The molecule has 8 nitrogen and oxygen atoms in total. The van der Waals surface area contributed by atoms with Crippen molar-refractivity contribution in [2.45, 2.75) is 39.3 Å². The highest BCUT2D eigenvalue weighted by atomic mass is 15.4. The molecule has 4 heterocycles. The van der Waals surface area contributed by atoms with Gasteiger partial charge in [-0.05, 0) is 26.7 Å². The fourth-order valence-electron chi connectivity index (χ4n) is 3.42. The van der Waals surface area contributed by atoms with Crippen LogP contribution in [0.2, 0.25) is 0 Å². The fourth-order valence-corrected chi connectivity index (χ4v) is 3.42. The first-order valence-electron chi connectivity index (χ1n) is 7.91. The Hall–Kier alpha value is -2.51. The van der Waals surface area contributed by atoms with Crippen molar-refractivity contribution in [1.82, 2.24) is 34.5 Å². The molecule has 1 fully saturated rings.